The van der Waals surface area contributed by atoms with Gasteiger partial charge in [0, 0.05) is 11.6 Å². The van der Waals surface area contributed by atoms with Gasteiger partial charge in [0.25, 0.3) is 0 Å². The van der Waals surface area contributed by atoms with Gasteiger partial charge in [0.1, 0.15) is 5.82 Å². The van der Waals surface area contributed by atoms with Crippen LogP contribution in [-0.2, 0) is 11.2 Å². The lowest BCUT2D eigenvalue weighted by Crippen LogP contribution is -2.26. The van der Waals surface area contributed by atoms with Crippen LogP contribution >= 0.6 is 11.6 Å². The minimum atomic E-state index is -1.28. The number of hydrogen-bond donors (Lipinski definition) is 3. The van der Waals surface area contributed by atoms with Gasteiger partial charge in [-0.2, -0.15) is 0 Å². The van der Waals surface area contributed by atoms with Gasteiger partial charge in [0.05, 0.1) is 10.4 Å². The van der Waals surface area contributed by atoms with Crippen LogP contribution in [0.5, 0.6) is 11.5 Å². The molecule has 0 aliphatic rings. The molecule has 0 aliphatic carbocycles. The van der Waals surface area contributed by atoms with Crippen molar-refractivity contribution in [3.8, 4) is 11.5 Å². The van der Waals surface area contributed by atoms with Crippen molar-refractivity contribution in [3.05, 3.63) is 22.5 Å². The quantitative estimate of drug-likeness (QED) is 0.732. The summed E-state index contributed by atoms with van der Waals surface area (Å²) in [5.74, 6) is -3.32. The number of hydrogen-bond acceptors (Lipinski definition) is 3. The van der Waals surface area contributed by atoms with Crippen LogP contribution in [0.1, 0.15) is 19.4 Å². The summed E-state index contributed by atoms with van der Waals surface area (Å²) in [6.45, 7) is 2.76. The summed E-state index contributed by atoms with van der Waals surface area (Å²) in [5.41, 5.74) is -1.59. The minimum Gasteiger partial charge on any atom is -0.504 e. The lowest BCUT2D eigenvalue weighted by molar-refractivity contribution is -0.146. The summed E-state index contributed by atoms with van der Waals surface area (Å²) >= 11 is 5.51. The number of carboxylic acids is 1. The van der Waals surface area contributed by atoms with Crippen LogP contribution in [0.3, 0.4) is 0 Å². The Morgan fingerprint density at radius 2 is 2.00 bits per heavy atom. The molecule has 1 aromatic carbocycles. The van der Waals surface area contributed by atoms with Gasteiger partial charge in [-0.3, -0.25) is 4.79 Å². The number of phenolic OH excluding ortho intramolecular Hbond substituents is 2. The number of phenols is 2. The second kappa shape index (κ2) is 4.41. The first-order valence-electron chi connectivity index (χ1n) is 4.79. The Balaban J connectivity index is 3.28. The summed E-state index contributed by atoms with van der Waals surface area (Å²) in [4.78, 5) is 10.9. The fraction of sp³-hybridized carbons (Fsp3) is 0.364. The lowest BCUT2D eigenvalue weighted by Gasteiger charge is -2.20. The van der Waals surface area contributed by atoms with E-state index in [1.165, 1.54) is 13.8 Å². The van der Waals surface area contributed by atoms with Gasteiger partial charge in [-0.1, -0.05) is 11.6 Å². The number of rotatable bonds is 3. The van der Waals surface area contributed by atoms with Gasteiger partial charge >= 0.3 is 5.97 Å². The normalized spacial score (nSPS) is 11.5. The largest absolute Gasteiger partial charge is 0.504 e. The first kappa shape index (κ1) is 13.6. The summed E-state index contributed by atoms with van der Waals surface area (Å²) in [7, 11) is 0. The molecule has 0 amide bonds. The van der Waals surface area contributed by atoms with Crippen molar-refractivity contribution in [1.29, 1.82) is 0 Å². The van der Waals surface area contributed by atoms with Gasteiger partial charge in [0.15, 0.2) is 11.5 Å². The molecule has 0 radical (unpaired) electrons. The van der Waals surface area contributed by atoms with Crippen LogP contribution in [0.4, 0.5) is 4.39 Å². The van der Waals surface area contributed by atoms with E-state index in [1.54, 1.807) is 0 Å². The Hall–Kier alpha value is -1.49. The molecule has 0 saturated heterocycles. The molecule has 6 heteroatoms. The van der Waals surface area contributed by atoms with Gasteiger partial charge in [-0.15, -0.1) is 0 Å². The minimum absolute atomic E-state index is 0.284. The molecule has 0 aromatic heterocycles. The van der Waals surface area contributed by atoms with E-state index in [9.17, 15) is 19.4 Å². The van der Waals surface area contributed by atoms with Gasteiger partial charge in [-0.25, -0.2) is 4.39 Å². The van der Waals surface area contributed by atoms with E-state index in [0.717, 1.165) is 6.07 Å². The van der Waals surface area contributed by atoms with Crippen LogP contribution in [0.2, 0.25) is 5.02 Å². The molecule has 0 atom stereocenters. The highest BCUT2D eigenvalue weighted by molar-refractivity contribution is 6.31. The Morgan fingerprint density at radius 3 is 2.47 bits per heavy atom. The Morgan fingerprint density at radius 1 is 1.47 bits per heavy atom. The zero-order valence-corrected chi connectivity index (χ0v) is 10.0. The van der Waals surface area contributed by atoms with Crippen LogP contribution in [0.25, 0.3) is 0 Å². The summed E-state index contributed by atoms with van der Waals surface area (Å²) in [6, 6.07) is 0.865. The van der Waals surface area contributed by atoms with Crippen molar-refractivity contribution in [2.75, 3.05) is 0 Å². The zero-order chi connectivity index (χ0) is 13.4. The van der Waals surface area contributed by atoms with Crippen molar-refractivity contribution in [3.63, 3.8) is 0 Å². The van der Waals surface area contributed by atoms with E-state index in [2.05, 4.69) is 0 Å². The van der Waals surface area contributed by atoms with Crippen LogP contribution < -0.4 is 0 Å². The highest BCUT2D eigenvalue weighted by atomic mass is 35.5. The third-order valence-electron chi connectivity index (χ3n) is 2.46. The van der Waals surface area contributed by atoms with Crippen molar-refractivity contribution < 1.29 is 24.5 Å². The maximum Gasteiger partial charge on any atom is 0.309 e. The van der Waals surface area contributed by atoms with E-state index in [-0.39, 0.29) is 17.0 Å². The number of aliphatic carboxylic acids is 1. The first-order valence-corrected chi connectivity index (χ1v) is 5.17. The number of aromatic hydroxyl groups is 2. The van der Waals surface area contributed by atoms with E-state index in [4.69, 9.17) is 16.7 Å². The van der Waals surface area contributed by atoms with Crippen molar-refractivity contribution in [2.24, 2.45) is 5.41 Å². The molecule has 0 heterocycles. The Kier molecular flexibility index (Phi) is 3.52. The monoisotopic (exact) mass is 262 g/mol. The van der Waals surface area contributed by atoms with Crippen molar-refractivity contribution in [1.82, 2.24) is 0 Å². The molecule has 1 rings (SSSR count). The Labute approximate surface area is 102 Å². The third-order valence-corrected chi connectivity index (χ3v) is 2.74. The van der Waals surface area contributed by atoms with Crippen molar-refractivity contribution in [2.45, 2.75) is 20.3 Å². The number of carboxylic acid groups (broad SMARTS) is 1. The van der Waals surface area contributed by atoms with E-state index in [1.807, 2.05) is 0 Å². The number of carbonyl (C=O) groups is 1. The third kappa shape index (κ3) is 2.61. The van der Waals surface area contributed by atoms with Crippen LogP contribution in [0.15, 0.2) is 6.07 Å². The lowest BCUT2D eigenvalue weighted by atomic mass is 9.85. The standard InChI is InChI=1S/C11H12ClFO4/c1-11(2,10(16)17)4-5-8(13)6(12)3-7(14)9(5)15/h3,14-15H,4H2,1-2H3,(H,16,17). The number of benzene rings is 1. The molecule has 0 fully saturated rings. The molecule has 4 nitrogen and oxygen atoms in total. The maximum absolute atomic E-state index is 13.6. The first-order chi connectivity index (χ1) is 7.66. The van der Waals surface area contributed by atoms with Gasteiger partial charge in [0.2, 0.25) is 0 Å². The predicted octanol–water partition coefficient (Wildman–Crippen LogP) is 2.54. The van der Waals surface area contributed by atoms with E-state index >= 15 is 0 Å². The summed E-state index contributed by atoms with van der Waals surface area (Å²) in [5, 5.41) is 27.4. The maximum atomic E-state index is 13.6. The second-order valence-corrected chi connectivity index (χ2v) is 4.79. The molecule has 3 N–H and O–H groups in total. The van der Waals surface area contributed by atoms with E-state index in [0.29, 0.717) is 0 Å². The zero-order valence-electron chi connectivity index (χ0n) is 9.29. The molecular weight excluding hydrogens is 251 g/mol. The summed E-state index contributed by atoms with van der Waals surface area (Å²) in [6.07, 6.45) is -0.284. The van der Waals surface area contributed by atoms with Crippen molar-refractivity contribution >= 4 is 17.6 Å². The summed E-state index contributed by atoms with van der Waals surface area (Å²) < 4.78 is 13.6. The highest BCUT2D eigenvalue weighted by Gasteiger charge is 2.31. The average molecular weight is 263 g/mol. The predicted molar refractivity (Wildman–Crippen MR) is 59.9 cm³/mol. The molecule has 0 unspecified atom stereocenters. The molecule has 17 heavy (non-hydrogen) atoms. The molecular formula is C11H12ClFO4. The molecule has 1 aromatic rings. The van der Waals surface area contributed by atoms with E-state index < -0.39 is 28.7 Å². The average Bonchev–Trinajstić information content (AvgIpc) is 2.21. The topological polar surface area (TPSA) is 77.8 Å². The number of halogens is 2. The second-order valence-electron chi connectivity index (χ2n) is 4.38. The van der Waals surface area contributed by atoms with Crippen LogP contribution in [0, 0.1) is 11.2 Å². The molecule has 0 aliphatic heterocycles. The highest BCUT2D eigenvalue weighted by Crippen LogP contribution is 2.38. The van der Waals surface area contributed by atoms with Gasteiger partial charge in [-0.05, 0) is 20.3 Å². The fourth-order valence-corrected chi connectivity index (χ4v) is 1.55. The molecule has 94 valence electrons. The smallest absolute Gasteiger partial charge is 0.309 e. The van der Waals surface area contributed by atoms with Crippen LogP contribution in [-0.4, -0.2) is 21.3 Å². The molecule has 0 saturated carbocycles. The Bertz CT molecular complexity index is 445. The molecule has 0 bridgehead atoms. The SMILES string of the molecule is CC(C)(Cc1c(O)c(O)cc(Cl)c1F)C(=O)O. The fourth-order valence-electron chi connectivity index (χ4n) is 1.33. The van der Waals surface area contributed by atoms with Gasteiger partial charge < -0.3 is 15.3 Å². The molecule has 0 spiro atoms.